The molecule has 1 aliphatic heterocycles. The van der Waals surface area contributed by atoms with E-state index in [0.29, 0.717) is 6.04 Å². The van der Waals surface area contributed by atoms with Crippen molar-refractivity contribution in [3.63, 3.8) is 0 Å². The molecule has 90 valence electrons. The Hall–Kier alpha value is -0.870. The average molecular weight is 243 g/mol. The molecular weight excluding hydrogens is 224 g/mol. The molecule has 0 radical (unpaired) electrons. The van der Waals surface area contributed by atoms with Crippen LogP contribution in [0.25, 0.3) is 0 Å². The summed E-state index contributed by atoms with van der Waals surface area (Å²) in [6, 6.07) is 4.66. The highest BCUT2D eigenvalue weighted by Gasteiger charge is 2.19. The monoisotopic (exact) mass is 242 g/mol. The number of hydrogen-bond donors (Lipinski definition) is 1. The minimum atomic E-state index is 0. The Labute approximate surface area is 103 Å². The third-order valence-electron chi connectivity index (χ3n) is 2.94. The van der Waals surface area contributed by atoms with E-state index >= 15 is 0 Å². The molecule has 1 unspecified atom stereocenters. The summed E-state index contributed by atoms with van der Waals surface area (Å²) < 4.78 is 0. The van der Waals surface area contributed by atoms with Gasteiger partial charge in [-0.1, -0.05) is 0 Å². The molecule has 4 nitrogen and oxygen atoms in total. The maximum atomic E-state index is 4.22. The number of hydrogen-bond acceptors (Lipinski definition) is 4. The van der Waals surface area contributed by atoms with Gasteiger partial charge in [0.25, 0.3) is 0 Å². The highest BCUT2D eigenvalue weighted by atomic mass is 35.5. The molecule has 1 aromatic rings. The SMILES string of the molecule is CNC1CCCN(c2ccc(C)nn2)C1.Cl. The molecule has 1 atom stereocenters. The number of anilines is 1. The summed E-state index contributed by atoms with van der Waals surface area (Å²) in [4.78, 5) is 2.30. The quantitative estimate of drug-likeness (QED) is 0.851. The zero-order chi connectivity index (χ0) is 10.7. The van der Waals surface area contributed by atoms with E-state index in [1.165, 1.54) is 12.8 Å². The first kappa shape index (κ1) is 13.2. The van der Waals surface area contributed by atoms with Gasteiger partial charge in [-0.2, -0.15) is 5.10 Å². The average Bonchev–Trinajstić information content (AvgIpc) is 2.30. The standard InChI is InChI=1S/C11H18N4.ClH/c1-9-5-6-11(14-13-9)15-7-3-4-10(8-15)12-2;/h5-6,10,12H,3-4,7-8H2,1-2H3;1H. The van der Waals surface area contributed by atoms with Crippen LogP contribution in [0.15, 0.2) is 12.1 Å². The third-order valence-corrected chi connectivity index (χ3v) is 2.94. The van der Waals surface area contributed by atoms with E-state index in [2.05, 4.69) is 26.5 Å². The molecule has 1 N–H and O–H groups in total. The van der Waals surface area contributed by atoms with Crippen molar-refractivity contribution < 1.29 is 0 Å². The van der Waals surface area contributed by atoms with E-state index in [1.807, 2.05) is 20.0 Å². The van der Waals surface area contributed by atoms with Crippen LogP contribution in [0.2, 0.25) is 0 Å². The topological polar surface area (TPSA) is 41.0 Å². The van der Waals surface area contributed by atoms with Gasteiger partial charge in [0.1, 0.15) is 0 Å². The molecule has 0 amide bonds. The van der Waals surface area contributed by atoms with Crippen molar-refractivity contribution in [3.8, 4) is 0 Å². The molecule has 2 rings (SSSR count). The summed E-state index contributed by atoms with van der Waals surface area (Å²) in [5, 5.41) is 11.6. The molecule has 0 saturated carbocycles. The predicted octanol–water partition coefficient (Wildman–Crippen LogP) is 1.40. The number of nitrogens with one attached hydrogen (secondary N) is 1. The van der Waals surface area contributed by atoms with Crippen molar-refractivity contribution in [2.24, 2.45) is 0 Å². The summed E-state index contributed by atoms with van der Waals surface area (Å²) >= 11 is 0. The number of aryl methyl sites for hydroxylation is 1. The molecule has 1 saturated heterocycles. The maximum Gasteiger partial charge on any atom is 0.151 e. The summed E-state index contributed by atoms with van der Waals surface area (Å²) in [5.74, 6) is 1.00. The highest BCUT2D eigenvalue weighted by molar-refractivity contribution is 5.85. The van der Waals surface area contributed by atoms with Gasteiger partial charge in [-0.15, -0.1) is 17.5 Å². The van der Waals surface area contributed by atoms with Crippen LogP contribution in [-0.4, -0.2) is 36.4 Å². The summed E-state index contributed by atoms with van der Waals surface area (Å²) in [7, 11) is 2.02. The smallest absolute Gasteiger partial charge is 0.151 e. The van der Waals surface area contributed by atoms with Crippen molar-refractivity contribution >= 4 is 18.2 Å². The predicted molar refractivity (Wildman–Crippen MR) is 68.3 cm³/mol. The lowest BCUT2D eigenvalue weighted by atomic mass is 10.1. The number of aromatic nitrogens is 2. The molecule has 1 aromatic heterocycles. The minimum absolute atomic E-state index is 0. The van der Waals surface area contributed by atoms with Gasteiger partial charge in [0.2, 0.25) is 0 Å². The second kappa shape index (κ2) is 6.01. The molecule has 1 fully saturated rings. The lowest BCUT2D eigenvalue weighted by molar-refractivity contribution is 0.447. The summed E-state index contributed by atoms with van der Waals surface area (Å²) in [6.45, 7) is 4.09. The first-order valence-electron chi connectivity index (χ1n) is 5.52. The molecule has 1 aliphatic rings. The third kappa shape index (κ3) is 3.06. The van der Waals surface area contributed by atoms with E-state index in [1.54, 1.807) is 0 Å². The fraction of sp³-hybridized carbons (Fsp3) is 0.636. The molecular formula is C11H19ClN4. The number of likely N-dealkylation sites (N-methyl/N-ethyl adjacent to an activating group) is 1. The number of nitrogens with zero attached hydrogens (tertiary/aromatic N) is 3. The maximum absolute atomic E-state index is 4.22. The summed E-state index contributed by atoms with van der Waals surface area (Å²) in [5.41, 5.74) is 0.973. The van der Waals surface area contributed by atoms with Crippen LogP contribution < -0.4 is 10.2 Å². The van der Waals surface area contributed by atoms with Crippen molar-refractivity contribution in [1.29, 1.82) is 0 Å². The Morgan fingerprint density at radius 1 is 1.38 bits per heavy atom. The van der Waals surface area contributed by atoms with Gasteiger partial charge in [-0.25, -0.2) is 0 Å². The zero-order valence-corrected chi connectivity index (χ0v) is 10.6. The minimum Gasteiger partial charge on any atom is -0.354 e. The Bertz CT molecular complexity index is 314. The summed E-state index contributed by atoms with van der Waals surface area (Å²) in [6.07, 6.45) is 2.48. The van der Waals surface area contributed by atoms with Crippen molar-refractivity contribution in [2.75, 3.05) is 25.0 Å². The van der Waals surface area contributed by atoms with Crippen molar-refractivity contribution in [2.45, 2.75) is 25.8 Å². The van der Waals surface area contributed by atoms with Gasteiger partial charge >= 0.3 is 0 Å². The first-order valence-corrected chi connectivity index (χ1v) is 5.52. The van der Waals surface area contributed by atoms with Crippen LogP contribution in [0.4, 0.5) is 5.82 Å². The van der Waals surface area contributed by atoms with Gasteiger partial charge in [0.15, 0.2) is 5.82 Å². The first-order chi connectivity index (χ1) is 7.29. The Morgan fingerprint density at radius 2 is 2.19 bits per heavy atom. The van der Waals surface area contributed by atoms with E-state index < -0.39 is 0 Å². The lowest BCUT2D eigenvalue weighted by Crippen LogP contribution is -2.44. The van der Waals surface area contributed by atoms with Crippen LogP contribution in [-0.2, 0) is 0 Å². The van der Waals surface area contributed by atoms with Crippen LogP contribution in [0.5, 0.6) is 0 Å². The van der Waals surface area contributed by atoms with Gasteiger partial charge in [0, 0.05) is 19.1 Å². The Morgan fingerprint density at radius 3 is 2.81 bits per heavy atom. The highest BCUT2D eigenvalue weighted by Crippen LogP contribution is 2.16. The second-order valence-electron chi connectivity index (χ2n) is 4.11. The molecule has 0 aliphatic carbocycles. The largest absolute Gasteiger partial charge is 0.354 e. The van der Waals surface area contributed by atoms with Crippen LogP contribution in [0, 0.1) is 6.92 Å². The van der Waals surface area contributed by atoms with Crippen LogP contribution in [0.3, 0.4) is 0 Å². The number of piperidine rings is 1. The molecule has 16 heavy (non-hydrogen) atoms. The Balaban J connectivity index is 0.00000128. The molecule has 0 aromatic carbocycles. The number of rotatable bonds is 2. The molecule has 0 bridgehead atoms. The molecule has 0 spiro atoms. The fourth-order valence-electron chi connectivity index (χ4n) is 1.98. The Kier molecular flexibility index (Phi) is 4.96. The van der Waals surface area contributed by atoms with E-state index in [4.69, 9.17) is 0 Å². The normalized spacial score (nSPS) is 20.4. The lowest BCUT2D eigenvalue weighted by Gasteiger charge is -2.33. The van der Waals surface area contributed by atoms with Crippen LogP contribution >= 0.6 is 12.4 Å². The zero-order valence-electron chi connectivity index (χ0n) is 9.81. The second-order valence-corrected chi connectivity index (χ2v) is 4.11. The van der Waals surface area contributed by atoms with Gasteiger partial charge in [-0.05, 0) is 38.9 Å². The van der Waals surface area contributed by atoms with Gasteiger partial charge in [-0.3, -0.25) is 0 Å². The van der Waals surface area contributed by atoms with Gasteiger partial charge in [0.05, 0.1) is 5.69 Å². The molecule has 2 heterocycles. The number of halogens is 1. The van der Waals surface area contributed by atoms with Crippen molar-refractivity contribution in [3.05, 3.63) is 17.8 Å². The van der Waals surface area contributed by atoms with Crippen molar-refractivity contribution in [1.82, 2.24) is 15.5 Å². The fourth-order valence-corrected chi connectivity index (χ4v) is 1.98. The van der Waals surface area contributed by atoms with E-state index in [9.17, 15) is 0 Å². The molecule has 5 heteroatoms. The van der Waals surface area contributed by atoms with Gasteiger partial charge < -0.3 is 10.2 Å². The van der Waals surface area contributed by atoms with E-state index in [-0.39, 0.29) is 12.4 Å². The van der Waals surface area contributed by atoms with Crippen LogP contribution in [0.1, 0.15) is 18.5 Å². The van der Waals surface area contributed by atoms with E-state index in [0.717, 1.165) is 24.6 Å².